The zero-order valence-corrected chi connectivity index (χ0v) is 16.5. The Kier molecular flexibility index (Phi) is 5.15. The van der Waals surface area contributed by atoms with Gasteiger partial charge >= 0.3 is 12.4 Å². The Balaban J connectivity index is 1.77. The van der Waals surface area contributed by atoms with Crippen LogP contribution in [0.4, 0.5) is 36.4 Å². The average Bonchev–Trinajstić information content (AvgIpc) is 3.31. The van der Waals surface area contributed by atoms with Crippen molar-refractivity contribution in [1.82, 2.24) is 14.7 Å². The van der Waals surface area contributed by atoms with Crippen LogP contribution < -0.4 is 0 Å². The van der Waals surface area contributed by atoms with Crippen LogP contribution >= 0.6 is 0 Å². The van der Waals surface area contributed by atoms with E-state index in [-0.39, 0.29) is 35.0 Å². The molecule has 0 fully saturated rings. The molecule has 5 nitrogen and oxygen atoms in total. The minimum atomic E-state index is -4.97. The predicted molar refractivity (Wildman–Crippen MR) is 102 cm³/mol. The first-order chi connectivity index (χ1) is 15.4. The highest BCUT2D eigenvalue weighted by Gasteiger charge is 2.38. The number of rotatable bonds is 3. The highest BCUT2D eigenvalue weighted by atomic mass is 19.4. The zero-order valence-electron chi connectivity index (χ0n) is 16.5. The number of aromatic nitrogens is 3. The van der Waals surface area contributed by atoms with Gasteiger partial charge in [-0.1, -0.05) is 17.3 Å². The molecule has 2 aromatic carbocycles. The minimum Gasteiger partial charge on any atom is -0.334 e. The van der Waals surface area contributed by atoms with Gasteiger partial charge in [-0.2, -0.15) is 31.3 Å². The van der Waals surface area contributed by atoms with Crippen LogP contribution in [0.5, 0.6) is 0 Å². The van der Waals surface area contributed by atoms with E-state index >= 15 is 0 Å². The van der Waals surface area contributed by atoms with Gasteiger partial charge in [0.2, 0.25) is 0 Å². The van der Waals surface area contributed by atoms with Gasteiger partial charge in [0.1, 0.15) is 0 Å². The largest absolute Gasteiger partial charge is 0.416 e. The molecule has 4 rings (SSSR count). The van der Waals surface area contributed by atoms with Gasteiger partial charge in [0, 0.05) is 16.5 Å². The van der Waals surface area contributed by atoms with Crippen LogP contribution in [-0.4, -0.2) is 14.7 Å². The van der Waals surface area contributed by atoms with Crippen molar-refractivity contribution in [1.29, 1.82) is 0 Å². The highest BCUT2D eigenvalue weighted by Crippen LogP contribution is 2.43. The van der Waals surface area contributed by atoms with E-state index in [1.165, 1.54) is 23.6 Å². The standard InChI is InChI=1S/C21H11F7N4O/c1-10-18(22)16-14(7-6-13(29-2)17(16)21(26,27)28)32(10)9-15-30-19(33-31-15)11-4-3-5-12(8-11)20(23,24)25/h3-8H,9H2,1H3. The van der Waals surface area contributed by atoms with Crippen LogP contribution in [0.1, 0.15) is 22.6 Å². The smallest absolute Gasteiger partial charge is 0.334 e. The van der Waals surface area contributed by atoms with Gasteiger partial charge in [-0.3, -0.25) is 0 Å². The lowest BCUT2D eigenvalue weighted by Gasteiger charge is -2.11. The third-order valence-electron chi connectivity index (χ3n) is 5.00. The molecule has 0 aliphatic rings. The van der Waals surface area contributed by atoms with Gasteiger partial charge < -0.3 is 9.09 Å². The quantitative estimate of drug-likeness (QED) is 0.246. The molecule has 33 heavy (non-hydrogen) atoms. The second kappa shape index (κ2) is 7.61. The predicted octanol–water partition coefficient (Wildman–Crippen LogP) is 6.78. The fraction of sp³-hybridized carbons (Fsp3) is 0.190. The third kappa shape index (κ3) is 3.90. The number of nitrogens with zero attached hydrogens (tertiary/aromatic N) is 4. The SMILES string of the molecule is [C-]#[N+]c1ccc2c(c(F)c(C)n2Cc2noc(-c3cccc(C(F)(F)F)c3)n2)c1C(F)(F)F. The molecule has 2 heterocycles. The number of halogens is 7. The number of hydrogen-bond donors (Lipinski definition) is 0. The Morgan fingerprint density at radius 1 is 1.06 bits per heavy atom. The molecule has 0 atom stereocenters. The summed E-state index contributed by atoms with van der Waals surface area (Å²) in [6, 6.07) is 6.29. The fourth-order valence-corrected chi connectivity index (χ4v) is 3.50. The van der Waals surface area contributed by atoms with Crippen LogP contribution in [0.2, 0.25) is 0 Å². The van der Waals surface area contributed by atoms with Crippen molar-refractivity contribution in [2.45, 2.75) is 25.8 Å². The fourth-order valence-electron chi connectivity index (χ4n) is 3.50. The summed E-state index contributed by atoms with van der Waals surface area (Å²) in [6.45, 7) is 7.92. The molecule has 0 saturated heterocycles. The van der Waals surface area contributed by atoms with E-state index in [9.17, 15) is 30.7 Å². The summed E-state index contributed by atoms with van der Waals surface area (Å²) in [7, 11) is 0. The normalized spacial score (nSPS) is 12.3. The molecule has 0 amide bonds. The van der Waals surface area contributed by atoms with Gasteiger partial charge in [0.25, 0.3) is 5.89 Å². The van der Waals surface area contributed by atoms with Crippen molar-refractivity contribution in [3.8, 4) is 11.5 Å². The number of fused-ring (bicyclic) bond motifs is 1. The zero-order chi connectivity index (χ0) is 24.1. The summed E-state index contributed by atoms with van der Waals surface area (Å²) in [6.07, 6.45) is -9.56. The van der Waals surface area contributed by atoms with Gasteiger partial charge in [0.05, 0.1) is 29.9 Å². The Hall–Kier alpha value is -3.88. The minimum absolute atomic E-state index is 0.00935. The molecule has 0 N–H and O–H groups in total. The van der Waals surface area contributed by atoms with Gasteiger partial charge in [0.15, 0.2) is 17.3 Å². The van der Waals surface area contributed by atoms with E-state index in [0.717, 1.165) is 24.3 Å². The first-order valence-electron chi connectivity index (χ1n) is 9.18. The number of alkyl halides is 6. The molecule has 0 radical (unpaired) electrons. The maximum Gasteiger partial charge on any atom is 0.416 e. The Morgan fingerprint density at radius 3 is 2.42 bits per heavy atom. The topological polar surface area (TPSA) is 48.2 Å². The van der Waals surface area contributed by atoms with Crippen molar-refractivity contribution < 1.29 is 35.3 Å². The lowest BCUT2D eigenvalue weighted by atomic mass is 10.1. The summed E-state index contributed by atoms with van der Waals surface area (Å²) in [5.74, 6) is -1.48. The monoisotopic (exact) mass is 468 g/mol. The molecule has 0 aliphatic heterocycles. The van der Waals surface area contributed by atoms with E-state index in [0.29, 0.717) is 0 Å². The summed E-state index contributed by atoms with van der Waals surface area (Å²) in [5, 5.41) is 2.91. The summed E-state index contributed by atoms with van der Waals surface area (Å²) >= 11 is 0. The van der Waals surface area contributed by atoms with Crippen LogP contribution in [-0.2, 0) is 18.9 Å². The summed E-state index contributed by atoms with van der Waals surface area (Å²) in [4.78, 5) is 6.85. The second-order valence-electron chi connectivity index (χ2n) is 7.04. The van der Waals surface area contributed by atoms with Crippen LogP contribution in [0.25, 0.3) is 27.2 Å². The number of hydrogen-bond acceptors (Lipinski definition) is 3. The summed E-state index contributed by atoms with van der Waals surface area (Å²) < 4.78 is 101. The second-order valence-corrected chi connectivity index (χ2v) is 7.04. The number of benzene rings is 2. The maximum absolute atomic E-state index is 14.9. The van der Waals surface area contributed by atoms with Crippen molar-refractivity contribution in [2.75, 3.05) is 0 Å². The van der Waals surface area contributed by atoms with E-state index in [1.54, 1.807) is 0 Å². The van der Waals surface area contributed by atoms with Gasteiger partial charge in [-0.25, -0.2) is 9.24 Å². The van der Waals surface area contributed by atoms with Crippen LogP contribution in [0.3, 0.4) is 0 Å². The molecule has 170 valence electrons. The van der Waals surface area contributed by atoms with Crippen molar-refractivity contribution >= 4 is 16.6 Å². The first kappa shape index (κ1) is 22.3. The van der Waals surface area contributed by atoms with E-state index < -0.39 is 40.4 Å². The van der Waals surface area contributed by atoms with Gasteiger partial charge in [-0.05, 0) is 31.2 Å². The van der Waals surface area contributed by atoms with Gasteiger partial charge in [-0.15, -0.1) is 0 Å². The first-order valence-corrected chi connectivity index (χ1v) is 9.18. The molecule has 0 spiro atoms. The maximum atomic E-state index is 14.9. The molecule has 12 heteroatoms. The molecule has 0 unspecified atom stereocenters. The van der Waals surface area contributed by atoms with E-state index in [4.69, 9.17) is 11.1 Å². The molecule has 0 aliphatic carbocycles. The Bertz CT molecular complexity index is 1410. The molecule has 0 saturated carbocycles. The van der Waals surface area contributed by atoms with Crippen molar-refractivity contribution in [3.63, 3.8) is 0 Å². The van der Waals surface area contributed by atoms with E-state index in [2.05, 4.69) is 15.0 Å². The van der Waals surface area contributed by atoms with Crippen molar-refractivity contribution in [2.24, 2.45) is 0 Å². The highest BCUT2D eigenvalue weighted by molar-refractivity contribution is 5.91. The third-order valence-corrected chi connectivity index (χ3v) is 5.00. The summed E-state index contributed by atoms with van der Waals surface area (Å²) in [5.41, 5.74) is -3.36. The lowest BCUT2D eigenvalue weighted by Crippen LogP contribution is -2.07. The Morgan fingerprint density at radius 2 is 1.79 bits per heavy atom. The molecular formula is C21H11F7N4O. The Labute approximate surface area is 180 Å². The molecule has 2 aromatic heterocycles. The molecule has 4 aromatic rings. The molecular weight excluding hydrogens is 457 g/mol. The molecule has 0 bridgehead atoms. The van der Waals surface area contributed by atoms with Crippen LogP contribution in [0, 0.1) is 19.3 Å². The average molecular weight is 468 g/mol. The lowest BCUT2D eigenvalue weighted by molar-refractivity contribution is -0.137. The van der Waals surface area contributed by atoms with Crippen LogP contribution in [0.15, 0.2) is 40.9 Å². The van der Waals surface area contributed by atoms with Crippen molar-refractivity contribution in [3.05, 3.63) is 76.3 Å². The van der Waals surface area contributed by atoms with E-state index in [1.807, 2.05) is 0 Å².